The number of carbonyl (C=O) groups is 2. The molecule has 0 aromatic heterocycles. The number of nitrogens with two attached hydrogens (primary N) is 1. The summed E-state index contributed by atoms with van der Waals surface area (Å²) in [6.45, 7) is 1.39. The first kappa shape index (κ1) is 19.2. The Morgan fingerprint density at radius 3 is 1.96 bits per heavy atom. The maximum atomic E-state index is 11.6. The van der Waals surface area contributed by atoms with Crippen LogP contribution < -0.4 is 11.1 Å². The van der Waals surface area contributed by atoms with Gasteiger partial charge >= 0.3 is 5.97 Å². The van der Waals surface area contributed by atoms with Crippen molar-refractivity contribution in [3.8, 4) is 0 Å². The van der Waals surface area contributed by atoms with Crippen LogP contribution in [0.25, 0.3) is 0 Å². The summed E-state index contributed by atoms with van der Waals surface area (Å²) in [5.74, 6) is -1.20. The number of nitrogens with one attached hydrogen (secondary N) is 1. The average molecular weight is 353 g/mol. The highest BCUT2D eigenvalue weighted by molar-refractivity contribution is 5.91. The van der Waals surface area contributed by atoms with Gasteiger partial charge in [-0.25, -0.2) is 4.79 Å². The number of nitrogens with zero attached hydrogens (tertiary/aromatic N) is 1. The monoisotopic (exact) mass is 353 g/mol. The molecule has 4 N–H and O–H groups in total. The van der Waals surface area contributed by atoms with Gasteiger partial charge in [-0.2, -0.15) is 0 Å². The number of hydrogen-bond acceptors (Lipinski definition) is 3. The van der Waals surface area contributed by atoms with Gasteiger partial charge in [0.05, 0.1) is 6.04 Å². The molecule has 1 amide bonds. The first-order chi connectivity index (χ1) is 12.5. The van der Waals surface area contributed by atoms with Crippen molar-refractivity contribution >= 4 is 17.7 Å². The predicted octanol–water partition coefficient (Wildman–Crippen LogP) is 1.79. The molecular weight excluding hydrogens is 330 g/mol. The van der Waals surface area contributed by atoms with Gasteiger partial charge in [0.25, 0.3) is 0 Å². The summed E-state index contributed by atoms with van der Waals surface area (Å²) in [7, 11) is 0. The minimum absolute atomic E-state index is 0.104. The lowest BCUT2D eigenvalue weighted by Crippen LogP contribution is -2.46. The fourth-order valence-corrected chi connectivity index (χ4v) is 2.62. The van der Waals surface area contributed by atoms with Gasteiger partial charge in [-0.3, -0.25) is 9.79 Å². The molecule has 0 heterocycles. The number of benzene rings is 2. The Balaban J connectivity index is 2.20. The highest BCUT2D eigenvalue weighted by atomic mass is 16.4. The van der Waals surface area contributed by atoms with Gasteiger partial charge in [-0.05, 0) is 17.5 Å². The van der Waals surface area contributed by atoms with Crippen LogP contribution in [-0.2, 0) is 22.4 Å². The van der Waals surface area contributed by atoms with Gasteiger partial charge in [0.2, 0.25) is 5.91 Å². The van der Waals surface area contributed by atoms with Gasteiger partial charge in [-0.1, -0.05) is 60.7 Å². The standard InChI is InChI=1S/C20H23N3O3/c1-14(24)22-17(12-15-8-4-2-5-9-15)19(21)23-18(20(25)26)13-16-10-6-3-7-11-16/h2-11,17-18H,12-13H2,1H3,(H2,21,23)(H,22,24)(H,25,26)/t17-,18-/m0/s1. The summed E-state index contributed by atoms with van der Waals surface area (Å²) < 4.78 is 0. The molecule has 2 aromatic carbocycles. The largest absolute Gasteiger partial charge is 0.480 e. The van der Waals surface area contributed by atoms with Crippen LogP contribution in [0.4, 0.5) is 0 Å². The van der Waals surface area contributed by atoms with Crippen molar-refractivity contribution in [3.05, 3.63) is 71.8 Å². The summed E-state index contributed by atoms with van der Waals surface area (Å²) in [6.07, 6.45) is 0.669. The molecule has 0 saturated carbocycles. The van der Waals surface area contributed by atoms with Crippen molar-refractivity contribution < 1.29 is 14.7 Å². The Hall–Kier alpha value is -3.15. The lowest BCUT2D eigenvalue weighted by molar-refractivity contribution is -0.138. The molecule has 0 aliphatic carbocycles. The van der Waals surface area contributed by atoms with E-state index < -0.39 is 18.1 Å². The van der Waals surface area contributed by atoms with E-state index >= 15 is 0 Å². The van der Waals surface area contributed by atoms with Crippen LogP contribution in [0.3, 0.4) is 0 Å². The maximum absolute atomic E-state index is 11.6. The van der Waals surface area contributed by atoms with E-state index in [0.29, 0.717) is 6.42 Å². The average Bonchev–Trinajstić information content (AvgIpc) is 2.62. The van der Waals surface area contributed by atoms with Crippen LogP contribution >= 0.6 is 0 Å². The highest BCUT2D eigenvalue weighted by Gasteiger charge is 2.21. The number of aliphatic carboxylic acids is 1. The molecule has 0 spiro atoms. The summed E-state index contributed by atoms with van der Waals surface area (Å²) in [5, 5.41) is 12.2. The van der Waals surface area contributed by atoms with Crippen LogP contribution in [-0.4, -0.2) is 34.9 Å². The molecule has 2 rings (SSSR count). The molecule has 0 radical (unpaired) electrons. The Bertz CT molecular complexity index is 760. The Labute approximate surface area is 152 Å². The van der Waals surface area contributed by atoms with Gasteiger partial charge in [-0.15, -0.1) is 0 Å². The van der Waals surface area contributed by atoms with Crippen LogP contribution in [0.1, 0.15) is 18.1 Å². The Kier molecular flexibility index (Phi) is 6.91. The van der Waals surface area contributed by atoms with Gasteiger partial charge < -0.3 is 16.2 Å². The zero-order valence-electron chi connectivity index (χ0n) is 14.6. The van der Waals surface area contributed by atoms with E-state index in [0.717, 1.165) is 11.1 Å². The Morgan fingerprint density at radius 1 is 1.00 bits per heavy atom. The van der Waals surface area contributed by atoms with Crippen molar-refractivity contribution in [2.24, 2.45) is 10.7 Å². The minimum atomic E-state index is -1.06. The molecular formula is C20H23N3O3. The van der Waals surface area contributed by atoms with E-state index in [1.54, 1.807) is 0 Å². The molecule has 6 heteroatoms. The van der Waals surface area contributed by atoms with Crippen LogP contribution in [0.15, 0.2) is 65.7 Å². The van der Waals surface area contributed by atoms with E-state index in [9.17, 15) is 14.7 Å². The van der Waals surface area contributed by atoms with Crippen LogP contribution in [0, 0.1) is 0 Å². The van der Waals surface area contributed by atoms with Crippen molar-refractivity contribution in [1.82, 2.24) is 5.32 Å². The van der Waals surface area contributed by atoms with Crippen molar-refractivity contribution in [2.75, 3.05) is 0 Å². The molecule has 0 saturated heterocycles. The number of amidine groups is 1. The molecule has 0 aliphatic rings. The number of carboxylic acids is 1. The van der Waals surface area contributed by atoms with Crippen LogP contribution in [0.2, 0.25) is 0 Å². The quantitative estimate of drug-likeness (QED) is 0.497. The maximum Gasteiger partial charge on any atom is 0.328 e. The fraction of sp³-hybridized carbons (Fsp3) is 0.250. The third-order valence-electron chi connectivity index (χ3n) is 3.88. The number of carboxylic acid groups (broad SMARTS) is 1. The second kappa shape index (κ2) is 9.36. The molecule has 136 valence electrons. The first-order valence-electron chi connectivity index (χ1n) is 8.36. The van der Waals surface area contributed by atoms with Gasteiger partial charge in [0.1, 0.15) is 5.84 Å². The van der Waals surface area contributed by atoms with Crippen LogP contribution in [0.5, 0.6) is 0 Å². The fourth-order valence-electron chi connectivity index (χ4n) is 2.62. The number of carbonyl (C=O) groups excluding carboxylic acids is 1. The first-order valence-corrected chi connectivity index (χ1v) is 8.36. The lowest BCUT2D eigenvalue weighted by atomic mass is 10.0. The molecule has 0 fully saturated rings. The normalized spacial score (nSPS) is 13.7. The number of hydrogen-bond donors (Lipinski definition) is 3. The third-order valence-corrected chi connectivity index (χ3v) is 3.88. The second-order valence-corrected chi connectivity index (χ2v) is 6.04. The molecule has 2 aromatic rings. The minimum Gasteiger partial charge on any atom is -0.480 e. The summed E-state index contributed by atoms with van der Waals surface area (Å²) in [6, 6.07) is 17.2. The van der Waals surface area contributed by atoms with E-state index in [4.69, 9.17) is 5.73 Å². The zero-order valence-corrected chi connectivity index (χ0v) is 14.6. The smallest absolute Gasteiger partial charge is 0.328 e. The third kappa shape index (κ3) is 6.05. The molecule has 2 atom stereocenters. The molecule has 26 heavy (non-hydrogen) atoms. The van der Waals surface area contributed by atoms with E-state index in [1.165, 1.54) is 6.92 Å². The summed E-state index contributed by atoms with van der Waals surface area (Å²) >= 11 is 0. The van der Waals surface area contributed by atoms with Gasteiger partial charge in [0.15, 0.2) is 6.04 Å². The van der Waals surface area contributed by atoms with Crippen molar-refractivity contribution in [3.63, 3.8) is 0 Å². The summed E-state index contributed by atoms with van der Waals surface area (Å²) in [4.78, 5) is 27.3. The van der Waals surface area contributed by atoms with Gasteiger partial charge in [0, 0.05) is 13.3 Å². The lowest BCUT2D eigenvalue weighted by Gasteiger charge is -2.19. The van der Waals surface area contributed by atoms with Crippen molar-refractivity contribution in [1.29, 1.82) is 0 Å². The highest BCUT2D eigenvalue weighted by Crippen LogP contribution is 2.09. The predicted molar refractivity (Wildman–Crippen MR) is 101 cm³/mol. The summed E-state index contributed by atoms with van der Waals surface area (Å²) in [5.41, 5.74) is 7.91. The Morgan fingerprint density at radius 2 is 1.50 bits per heavy atom. The molecule has 0 aliphatic heterocycles. The molecule has 0 unspecified atom stereocenters. The molecule has 6 nitrogen and oxygen atoms in total. The zero-order chi connectivity index (χ0) is 18.9. The van der Waals surface area contributed by atoms with E-state index in [2.05, 4.69) is 10.3 Å². The van der Waals surface area contributed by atoms with Crippen molar-refractivity contribution in [2.45, 2.75) is 31.8 Å². The van der Waals surface area contributed by atoms with E-state index in [1.807, 2.05) is 60.7 Å². The van der Waals surface area contributed by atoms with E-state index in [-0.39, 0.29) is 18.2 Å². The molecule has 0 bridgehead atoms. The second-order valence-electron chi connectivity index (χ2n) is 6.04. The topological polar surface area (TPSA) is 105 Å². The SMILES string of the molecule is CC(=O)N[C@@H](Cc1ccccc1)C(N)=N[C@@H](Cc1ccccc1)C(=O)O. The number of aliphatic imine (C=N–C) groups is 1. The number of rotatable bonds is 8. The number of amides is 1.